The maximum absolute atomic E-state index is 12.2. The second-order valence-corrected chi connectivity index (χ2v) is 6.43. The van der Waals surface area contributed by atoms with Crippen LogP contribution in [0, 0.1) is 13.8 Å². The van der Waals surface area contributed by atoms with Crippen LogP contribution in [-0.4, -0.2) is 12.5 Å². The zero-order valence-corrected chi connectivity index (χ0v) is 14.9. The summed E-state index contributed by atoms with van der Waals surface area (Å²) in [5.41, 5.74) is 3.64. The van der Waals surface area contributed by atoms with Crippen LogP contribution >= 0.6 is 23.2 Å². The van der Waals surface area contributed by atoms with Crippen LogP contribution in [0.5, 0.6) is 0 Å². The minimum absolute atomic E-state index is 0.0240. The highest BCUT2D eigenvalue weighted by Gasteiger charge is 2.12. The third-order valence-corrected chi connectivity index (χ3v) is 4.28. The number of anilines is 1. The summed E-state index contributed by atoms with van der Waals surface area (Å²) in [6, 6.07) is 11.4. The predicted molar refractivity (Wildman–Crippen MR) is 97.4 cm³/mol. The van der Waals surface area contributed by atoms with E-state index in [4.69, 9.17) is 23.2 Å². The molecule has 0 aliphatic carbocycles. The second-order valence-electron chi connectivity index (χ2n) is 5.61. The van der Waals surface area contributed by atoms with Crippen molar-refractivity contribution >= 4 is 34.8 Å². The largest absolute Gasteiger partial charge is 0.323 e. The lowest BCUT2D eigenvalue weighted by Crippen LogP contribution is -2.30. The molecule has 0 heterocycles. The molecule has 1 atom stereocenters. The van der Waals surface area contributed by atoms with Gasteiger partial charge < -0.3 is 10.6 Å². The van der Waals surface area contributed by atoms with Crippen LogP contribution in [0.15, 0.2) is 36.4 Å². The molecule has 0 saturated carbocycles. The summed E-state index contributed by atoms with van der Waals surface area (Å²) in [7, 11) is 0. The molecule has 2 aromatic carbocycles. The Kier molecular flexibility index (Phi) is 6.05. The van der Waals surface area contributed by atoms with Crippen molar-refractivity contribution in [3.8, 4) is 0 Å². The van der Waals surface area contributed by atoms with E-state index in [1.807, 2.05) is 57.2 Å². The Hall–Kier alpha value is -1.55. The maximum Gasteiger partial charge on any atom is 0.238 e. The standard InChI is InChI=1S/C18H20Cl2N2O/c1-11-8-12(2)18(16(20)9-11)22-17(23)10-21-13(3)14-6-4-5-7-15(14)19/h4-9,13,21H,10H2,1-3H3,(H,22,23)/t13-/m0/s1. The molecule has 0 unspecified atom stereocenters. The quantitative estimate of drug-likeness (QED) is 0.804. The average molecular weight is 351 g/mol. The minimum atomic E-state index is -0.141. The topological polar surface area (TPSA) is 41.1 Å². The van der Waals surface area contributed by atoms with Gasteiger partial charge in [0.15, 0.2) is 0 Å². The molecule has 0 radical (unpaired) electrons. The molecule has 0 fully saturated rings. The van der Waals surface area contributed by atoms with Crippen LogP contribution in [0.2, 0.25) is 10.0 Å². The highest BCUT2D eigenvalue weighted by Crippen LogP contribution is 2.27. The smallest absolute Gasteiger partial charge is 0.238 e. The number of nitrogens with one attached hydrogen (secondary N) is 2. The first-order chi connectivity index (χ1) is 10.9. The molecule has 2 N–H and O–H groups in total. The lowest BCUT2D eigenvalue weighted by Gasteiger charge is -2.16. The molecule has 2 rings (SSSR count). The number of hydrogen-bond acceptors (Lipinski definition) is 2. The molecule has 122 valence electrons. The molecule has 0 bridgehead atoms. The fourth-order valence-corrected chi connectivity index (χ4v) is 3.11. The van der Waals surface area contributed by atoms with Gasteiger partial charge in [0.2, 0.25) is 5.91 Å². The monoisotopic (exact) mass is 350 g/mol. The Balaban J connectivity index is 1.97. The van der Waals surface area contributed by atoms with Gasteiger partial charge in [-0.2, -0.15) is 0 Å². The normalized spacial score (nSPS) is 12.0. The molecule has 0 spiro atoms. The van der Waals surface area contributed by atoms with Gasteiger partial charge in [0, 0.05) is 11.1 Å². The van der Waals surface area contributed by atoms with Crippen molar-refractivity contribution in [3.05, 3.63) is 63.1 Å². The van der Waals surface area contributed by atoms with E-state index >= 15 is 0 Å². The van der Waals surface area contributed by atoms with Gasteiger partial charge in [0.25, 0.3) is 0 Å². The van der Waals surface area contributed by atoms with Crippen molar-refractivity contribution in [2.75, 3.05) is 11.9 Å². The van der Waals surface area contributed by atoms with Crippen LogP contribution in [0.3, 0.4) is 0 Å². The summed E-state index contributed by atoms with van der Waals surface area (Å²) in [5, 5.41) is 7.27. The van der Waals surface area contributed by atoms with E-state index in [9.17, 15) is 4.79 Å². The Morgan fingerprint density at radius 1 is 1.13 bits per heavy atom. The second kappa shape index (κ2) is 7.82. The zero-order chi connectivity index (χ0) is 17.0. The molecule has 0 saturated heterocycles. The van der Waals surface area contributed by atoms with E-state index in [1.165, 1.54) is 0 Å². The highest BCUT2D eigenvalue weighted by molar-refractivity contribution is 6.34. The predicted octanol–water partition coefficient (Wildman–Crippen LogP) is 4.90. The first-order valence-corrected chi connectivity index (χ1v) is 8.18. The fourth-order valence-electron chi connectivity index (χ4n) is 2.44. The number of rotatable bonds is 5. The molecule has 0 aliphatic rings. The van der Waals surface area contributed by atoms with Gasteiger partial charge in [-0.25, -0.2) is 0 Å². The number of benzene rings is 2. The van der Waals surface area contributed by atoms with Crippen molar-refractivity contribution in [3.63, 3.8) is 0 Å². The van der Waals surface area contributed by atoms with Gasteiger partial charge in [0.1, 0.15) is 0 Å². The summed E-state index contributed by atoms with van der Waals surface area (Å²) >= 11 is 12.4. The Morgan fingerprint density at radius 2 is 1.83 bits per heavy atom. The van der Waals surface area contributed by atoms with E-state index < -0.39 is 0 Å². The SMILES string of the molecule is Cc1cc(C)c(NC(=O)CN[C@@H](C)c2ccccc2Cl)c(Cl)c1. The van der Waals surface area contributed by atoms with Crippen LogP contribution in [-0.2, 0) is 4.79 Å². The van der Waals surface area contributed by atoms with E-state index in [0.29, 0.717) is 15.7 Å². The number of hydrogen-bond donors (Lipinski definition) is 2. The van der Waals surface area contributed by atoms with Gasteiger partial charge >= 0.3 is 0 Å². The lowest BCUT2D eigenvalue weighted by atomic mass is 10.1. The van der Waals surface area contributed by atoms with E-state index in [-0.39, 0.29) is 18.5 Å². The number of carbonyl (C=O) groups excluding carboxylic acids is 1. The average Bonchev–Trinajstić information content (AvgIpc) is 2.49. The summed E-state index contributed by atoms with van der Waals surface area (Å²) in [4.78, 5) is 12.2. The third-order valence-electron chi connectivity index (χ3n) is 3.64. The zero-order valence-electron chi connectivity index (χ0n) is 13.4. The molecule has 0 aliphatic heterocycles. The molecule has 23 heavy (non-hydrogen) atoms. The number of aryl methyl sites for hydroxylation is 2. The minimum Gasteiger partial charge on any atom is -0.323 e. The first-order valence-electron chi connectivity index (χ1n) is 7.43. The first kappa shape index (κ1) is 17.8. The summed E-state index contributed by atoms with van der Waals surface area (Å²) < 4.78 is 0. The van der Waals surface area contributed by atoms with Gasteiger partial charge in [-0.1, -0.05) is 47.5 Å². The molecular weight excluding hydrogens is 331 g/mol. The van der Waals surface area contributed by atoms with Crippen LogP contribution in [0.4, 0.5) is 5.69 Å². The Morgan fingerprint density at radius 3 is 2.48 bits per heavy atom. The fraction of sp³-hybridized carbons (Fsp3) is 0.278. The van der Waals surface area contributed by atoms with Crippen LogP contribution in [0.1, 0.15) is 29.7 Å². The highest BCUT2D eigenvalue weighted by atomic mass is 35.5. The van der Waals surface area contributed by atoms with Gasteiger partial charge in [-0.3, -0.25) is 4.79 Å². The Labute approximate surface area is 147 Å². The number of halogens is 2. The van der Waals surface area contributed by atoms with Gasteiger partial charge in [-0.05, 0) is 49.6 Å². The maximum atomic E-state index is 12.2. The molecule has 0 aromatic heterocycles. The lowest BCUT2D eigenvalue weighted by molar-refractivity contribution is -0.115. The van der Waals surface area contributed by atoms with Crippen molar-refractivity contribution in [1.82, 2.24) is 5.32 Å². The molecular formula is C18H20Cl2N2O. The van der Waals surface area contributed by atoms with Crippen LogP contribution < -0.4 is 10.6 Å². The summed E-state index contributed by atoms with van der Waals surface area (Å²) in [6.07, 6.45) is 0. The van der Waals surface area contributed by atoms with Crippen molar-refractivity contribution < 1.29 is 4.79 Å². The third kappa shape index (κ3) is 4.71. The number of carbonyl (C=O) groups is 1. The molecule has 1 amide bonds. The Bertz CT molecular complexity index is 693. The van der Waals surface area contributed by atoms with Crippen molar-refractivity contribution in [1.29, 1.82) is 0 Å². The molecule has 2 aromatic rings. The number of amides is 1. The van der Waals surface area contributed by atoms with Crippen molar-refractivity contribution in [2.45, 2.75) is 26.8 Å². The van der Waals surface area contributed by atoms with Crippen LogP contribution in [0.25, 0.3) is 0 Å². The van der Waals surface area contributed by atoms with E-state index in [0.717, 1.165) is 16.7 Å². The summed E-state index contributed by atoms with van der Waals surface area (Å²) in [5.74, 6) is -0.141. The summed E-state index contributed by atoms with van der Waals surface area (Å²) in [6.45, 7) is 6.04. The van der Waals surface area contributed by atoms with Gasteiger partial charge in [0.05, 0.1) is 17.3 Å². The molecule has 5 heteroatoms. The van der Waals surface area contributed by atoms with E-state index in [2.05, 4.69) is 10.6 Å². The van der Waals surface area contributed by atoms with Crippen molar-refractivity contribution in [2.24, 2.45) is 0 Å². The molecule has 3 nitrogen and oxygen atoms in total. The van der Waals surface area contributed by atoms with Gasteiger partial charge in [-0.15, -0.1) is 0 Å². The van der Waals surface area contributed by atoms with E-state index in [1.54, 1.807) is 0 Å².